The summed E-state index contributed by atoms with van der Waals surface area (Å²) in [5, 5.41) is 8.89. The minimum Gasteiger partial charge on any atom is -0.507 e. The molecule has 0 fully saturated rings. The van der Waals surface area contributed by atoms with E-state index in [4.69, 9.17) is 11.6 Å². The highest BCUT2D eigenvalue weighted by molar-refractivity contribution is 7.26. The van der Waals surface area contributed by atoms with Crippen LogP contribution in [0.3, 0.4) is 0 Å². The van der Waals surface area contributed by atoms with Crippen LogP contribution in [0.25, 0.3) is 20.2 Å². The molecule has 122 valence electrons. The van der Waals surface area contributed by atoms with Gasteiger partial charge in [0.25, 0.3) is 0 Å². The lowest BCUT2D eigenvalue weighted by Gasteiger charge is -2.10. The number of thiophene rings is 1. The van der Waals surface area contributed by atoms with Gasteiger partial charge >= 0.3 is 12.4 Å². The molecule has 9 heteroatoms. The van der Waals surface area contributed by atoms with Gasteiger partial charge < -0.3 is 5.11 Å². The number of phenolic OH excluding ortho intramolecular Hbond substituents is 1. The van der Waals surface area contributed by atoms with Gasteiger partial charge in [0.05, 0.1) is 15.3 Å². The Kier molecular flexibility index (Phi) is 3.46. The zero-order valence-corrected chi connectivity index (χ0v) is 12.4. The molecular weight excluding hydrogens is 366 g/mol. The van der Waals surface area contributed by atoms with Crippen LogP contribution in [0.2, 0.25) is 5.02 Å². The molecule has 3 aromatic rings. The summed E-state index contributed by atoms with van der Waals surface area (Å²) in [5.41, 5.74) is -2.38. The lowest BCUT2D eigenvalue weighted by molar-refractivity contribution is -0.138. The number of halogens is 7. The number of hydrogen-bond donors (Lipinski definition) is 1. The molecule has 0 aliphatic carbocycles. The van der Waals surface area contributed by atoms with Crippen molar-refractivity contribution in [3.63, 3.8) is 0 Å². The van der Waals surface area contributed by atoms with Crippen LogP contribution in [-0.4, -0.2) is 5.11 Å². The molecule has 0 aliphatic heterocycles. The van der Waals surface area contributed by atoms with E-state index in [1.54, 1.807) is 0 Å². The number of alkyl halides is 6. The first kappa shape index (κ1) is 16.2. The van der Waals surface area contributed by atoms with E-state index >= 15 is 0 Å². The topological polar surface area (TPSA) is 20.2 Å². The number of phenols is 1. The Morgan fingerprint density at radius 1 is 0.913 bits per heavy atom. The van der Waals surface area contributed by atoms with Crippen LogP contribution in [0.1, 0.15) is 11.1 Å². The molecule has 0 saturated heterocycles. The summed E-state index contributed by atoms with van der Waals surface area (Å²) in [4.78, 5) is 0. The molecular formula is C14H5ClF6OS. The zero-order valence-electron chi connectivity index (χ0n) is 10.8. The molecule has 23 heavy (non-hydrogen) atoms. The highest BCUT2D eigenvalue weighted by Gasteiger charge is 2.38. The van der Waals surface area contributed by atoms with E-state index in [-0.39, 0.29) is 20.2 Å². The molecule has 1 aromatic heterocycles. The molecule has 1 nitrogen and oxygen atoms in total. The Bertz CT molecular complexity index is 925. The van der Waals surface area contributed by atoms with E-state index in [0.717, 1.165) is 24.3 Å². The first-order valence-electron chi connectivity index (χ1n) is 6.02. The smallest absolute Gasteiger partial charge is 0.421 e. The van der Waals surface area contributed by atoms with Crippen molar-refractivity contribution in [3.05, 3.63) is 40.4 Å². The average Bonchev–Trinajstić information content (AvgIpc) is 2.71. The van der Waals surface area contributed by atoms with Crippen molar-refractivity contribution in [1.82, 2.24) is 0 Å². The molecule has 0 saturated carbocycles. The van der Waals surface area contributed by atoms with Crippen LogP contribution in [0.5, 0.6) is 5.75 Å². The zero-order chi connectivity index (χ0) is 17.2. The van der Waals surface area contributed by atoms with Crippen molar-refractivity contribution >= 4 is 43.1 Å². The predicted molar refractivity (Wildman–Crippen MR) is 76.0 cm³/mol. The van der Waals surface area contributed by atoms with Gasteiger partial charge in [0, 0.05) is 15.5 Å². The van der Waals surface area contributed by atoms with Crippen LogP contribution in [-0.2, 0) is 12.4 Å². The molecule has 0 amide bonds. The maximum absolute atomic E-state index is 13.1. The van der Waals surface area contributed by atoms with Crippen molar-refractivity contribution < 1.29 is 31.4 Å². The Morgan fingerprint density at radius 2 is 1.57 bits per heavy atom. The maximum atomic E-state index is 13.1. The van der Waals surface area contributed by atoms with Crippen LogP contribution in [0.15, 0.2) is 24.3 Å². The molecule has 0 bridgehead atoms. The molecule has 3 rings (SSSR count). The third-order valence-electron chi connectivity index (χ3n) is 3.30. The standard InChI is InChI=1S/C14H5ClF6OS/c15-8-4-10-6(3-7(8)13(16,17)18)5-1-2-9(22)11(12(5)23-10)14(19,20)21/h1-4,22H. The summed E-state index contributed by atoms with van der Waals surface area (Å²) in [6.07, 6.45) is -9.55. The number of rotatable bonds is 0. The first-order chi connectivity index (χ1) is 10.5. The van der Waals surface area contributed by atoms with Gasteiger partial charge in [-0.25, -0.2) is 0 Å². The largest absolute Gasteiger partial charge is 0.507 e. The number of fused-ring (bicyclic) bond motifs is 3. The van der Waals surface area contributed by atoms with E-state index in [1.165, 1.54) is 0 Å². The highest BCUT2D eigenvalue weighted by atomic mass is 35.5. The SMILES string of the molecule is Oc1ccc2c(sc3cc(Cl)c(C(F)(F)F)cc32)c1C(F)(F)F. The van der Waals surface area contributed by atoms with E-state index < -0.39 is 34.3 Å². The molecule has 0 radical (unpaired) electrons. The van der Waals surface area contributed by atoms with E-state index in [0.29, 0.717) is 11.3 Å². The minimum absolute atomic E-state index is 0.00669. The third-order valence-corrected chi connectivity index (χ3v) is 4.79. The highest BCUT2D eigenvalue weighted by Crippen LogP contribution is 2.48. The van der Waals surface area contributed by atoms with Gasteiger partial charge in [0.2, 0.25) is 0 Å². The van der Waals surface area contributed by atoms with Crippen LogP contribution < -0.4 is 0 Å². The first-order valence-corrected chi connectivity index (χ1v) is 7.21. The van der Waals surface area contributed by atoms with Gasteiger partial charge in [0.15, 0.2) is 0 Å². The second kappa shape index (κ2) is 4.91. The quantitative estimate of drug-likeness (QED) is 0.451. The summed E-state index contributed by atoms with van der Waals surface area (Å²) >= 11 is 6.22. The van der Waals surface area contributed by atoms with Crippen LogP contribution in [0, 0.1) is 0 Å². The molecule has 2 aromatic carbocycles. The van der Waals surface area contributed by atoms with Crippen molar-refractivity contribution in [2.75, 3.05) is 0 Å². The predicted octanol–water partition coefficient (Wildman–Crippen LogP) is 6.45. The molecule has 1 N–H and O–H groups in total. The normalized spacial score (nSPS) is 13.2. The average molecular weight is 371 g/mol. The van der Waals surface area contributed by atoms with Gasteiger partial charge in [-0.05, 0) is 24.3 Å². The molecule has 0 aliphatic rings. The fraction of sp³-hybridized carbons (Fsp3) is 0.143. The summed E-state index contributed by atoms with van der Waals surface area (Å²) in [6, 6.07) is 3.70. The van der Waals surface area contributed by atoms with Gasteiger partial charge in [-0.2, -0.15) is 26.3 Å². The molecule has 0 atom stereocenters. The second-order valence-electron chi connectivity index (χ2n) is 4.76. The minimum atomic E-state index is -4.83. The monoisotopic (exact) mass is 370 g/mol. The van der Waals surface area contributed by atoms with E-state index in [2.05, 4.69) is 0 Å². The fourth-order valence-corrected chi connectivity index (χ4v) is 3.96. The van der Waals surface area contributed by atoms with Gasteiger partial charge in [-0.15, -0.1) is 11.3 Å². The molecule has 0 spiro atoms. The van der Waals surface area contributed by atoms with Gasteiger partial charge in [-0.1, -0.05) is 11.6 Å². The van der Waals surface area contributed by atoms with E-state index in [1.807, 2.05) is 0 Å². The Morgan fingerprint density at radius 3 is 2.13 bits per heavy atom. The van der Waals surface area contributed by atoms with E-state index in [9.17, 15) is 31.4 Å². The summed E-state index contributed by atoms with van der Waals surface area (Å²) in [7, 11) is 0. The Hall–Kier alpha value is -1.67. The number of aromatic hydroxyl groups is 1. The van der Waals surface area contributed by atoms with Crippen molar-refractivity contribution in [1.29, 1.82) is 0 Å². The van der Waals surface area contributed by atoms with Gasteiger partial charge in [0.1, 0.15) is 11.3 Å². The van der Waals surface area contributed by atoms with Crippen LogP contribution in [0.4, 0.5) is 26.3 Å². The fourth-order valence-electron chi connectivity index (χ4n) is 2.34. The maximum Gasteiger partial charge on any atom is 0.421 e. The third kappa shape index (κ3) is 2.59. The Labute approximate surface area is 133 Å². The van der Waals surface area contributed by atoms with Crippen molar-refractivity contribution in [2.24, 2.45) is 0 Å². The van der Waals surface area contributed by atoms with Gasteiger partial charge in [-0.3, -0.25) is 0 Å². The molecule has 1 heterocycles. The molecule has 0 unspecified atom stereocenters. The lowest BCUT2D eigenvalue weighted by Crippen LogP contribution is -2.05. The Balaban J connectivity index is 2.45. The number of hydrogen-bond acceptors (Lipinski definition) is 2. The van der Waals surface area contributed by atoms with Crippen LogP contribution >= 0.6 is 22.9 Å². The summed E-state index contributed by atoms with van der Waals surface area (Å²) < 4.78 is 77.9. The second-order valence-corrected chi connectivity index (χ2v) is 6.22. The summed E-state index contributed by atoms with van der Waals surface area (Å²) in [6.45, 7) is 0. The summed E-state index contributed by atoms with van der Waals surface area (Å²) in [5.74, 6) is -0.973. The lowest BCUT2D eigenvalue weighted by atomic mass is 10.1. The van der Waals surface area contributed by atoms with Crippen molar-refractivity contribution in [2.45, 2.75) is 12.4 Å². The number of benzene rings is 2. The van der Waals surface area contributed by atoms with Crippen molar-refractivity contribution in [3.8, 4) is 5.75 Å².